The first-order chi connectivity index (χ1) is 7.49. The third-order valence-corrected chi connectivity index (χ3v) is 1.43. The first-order valence-electron chi connectivity index (χ1n) is 4.50. The second kappa shape index (κ2) is 11.9. The van der Waals surface area contributed by atoms with E-state index in [2.05, 4.69) is 0 Å². The molecule has 0 aromatic carbocycles. The molecule has 0 atom stereocenters. The quantitative estimate of drug-likeness (QED) is 0.318. The van der Waals surface area contributed by atoms with Gasteiger partial charge in [-0.3, -0.25) is 4.90 Å². The minimum atomic E-state index is -1.82. The normalized spacial score (nSPS) is 9.50. The summed E-state index contributed by atoms with van der Waals surface area (Å²) in [7, 11) is 0. The van der Waals surface area contributed by atoms with Crippen LogP contribution in [0.25, 0.3) is 0 Å². The Labute approximate surface area is 92.4 Å². The molecule has 0 rings (SSSR count). The molecule has 0 aliphatic carbocycles. The van der Waals surface area contributed by atoms with Crippen molar-refractivity contribution in [2.45, 2.75) is 0 Å². The third-order valence-electron chi connectivity index (χ3n) is 1.43. The standard InChI is InChI=1S/C6H15NO3.C2H2O4/c8-4-1-7(2-5-9)3-6-10;3-1(4)2(5)6/h8-10H,1-6H2;(H,3,4)(H,5,6). The van der Waals surface area contributed by atoms with Gasteiger partial charge in [0.05, 0.1) is 19.8 Å². The number of carboxylic acid groups (broad SMARTS) is 2. The predicted molar refractivity (Wildman–Crippen MR) is 53.0 cm³/mol. The van der Waals surface area contributed by atoms with Crippen LogP contribution in [-0.2, 0) is 9.59 Å². The summed E-state index contributed by atoms with van der Waals surface area (Å²) in [5.41, 5.74) is 0. The lowest BCUT2D eigenvalue weighted by Gasteiger charge is -2.17. The molecular formula is C8H17NO7. The molecule has 0 saturated carbocycles. The summed E-state index contributed by atoms with van der Waals surface area (Å²) in [5, 5.41) is 40.2. The van der Waals surface area contributed by atoms with E-state index in [1.165, 1.54) is 0 Å². The third kappa shape index (κ3) is 12.8. The molecule has 0 unspecified atom stereocenters. The maximum atomic E-state index is 9.10. The maximum absolute atomic E-state index is 9.10. The zero-order valence-electron chi connectivity index (χ0n) is 8.74. The first kappa shape index (κ1) is 17.2. The van der Waals surface area contributed by atoms with Gasteiger partial charge in [0.2, 0.25) is 0 Å². The fourth-order valence-corrected chi connectivity index (χ4v) is 0.760. The number of rotatable bonds is 6. The number of hydrogen-bond donors (Lipinski definition) is 5. The Morgan fingerprint density at radius 2 is 1.00 bits per heavy atom. The highest BCUT2D eigenvalue weighted by Gasteiger charge is 2.04. The molecule has 0 aromatic rings. The molecule has 16 heavy (non-hydrogen) atoms. The molecule has 0 aliphatic heterocycles. The molecule has 8 nitrogen and oxygen atoms in total. The topological polar surface area (TPSA) is 139 Å². The van der Waals surface area contributed by atoms with Crippen LogP contribution in [0.2, 0.25) is 0 Å². The van der Waals surface area contributed by atoms with Crippen LogP contribution in [0.4, 0.5) is 0 Å². The monoisotopic (exact) mass is 239 g/mol. The molecule has 0 saturated heterocycles. The number of carbonyl (C=O) groups is 2. The highest BCUT2D eigenvalue weighted by molar-refractivity contribution is 6.27. The Kier molecular flexibility index (Phi) is 12.7. The van der Waals surface area contributed by atoms with Crippen LogP contribution in [-0.4, -0.2) is 81.8 Å². The molecular weight excluding hydrogens is 222 g/mol. The van der Waals surface area contributed by atoms with Gasteiger partial charge in [0.25, 0.3) is 0 Å². The fraction of sp³-hybridized carbons (Fsp3) is 0.750. The largest absolute Gasteiger partial charge is 0.473 e. The molecule has 0 heterocycles. The van der Waals surface area contributed by atoms with Gasteiger partial charge in [0, 0.05) is 19.6 Å². The van der Waals surface area contributed by atoms with E-state index in [0.717, 1.165) is 0 Å². The molecule has 5 N–H and O–H groups in total. The molecule has 0 radical (unpaired) electrons. The molecule has 8 heteroatoms. The van der Waals surface area contributed by atoms with E-state index in [0.29, 0.717) is 19.6 Å². The average Bonchev–Trinajstić information content (AvgIpc) is 2.19. The van der Waals surface area contributed by atoms with Crippen molar-refractivity contribution in [3.8, 4) is 0 Å². The molecule has 0 spiro atoms. The second-order valence-corrected chi connectivity index (χ2v) is 2.62. The zero-order chi connectivity index (χ0) is 13.0. The van der Waals surface area contributed by atoms with Crippen LogP contribution < -0.4 is 0 Å². The number of hydrogen-bond acceptors (Lipinski definition) is 6. The number of carboxylic acids is 2. The van der Waals surface area contributed by atoms with Crippen molar-refractivity contribution in [3.05, 3.63) is 0 Å². The van der Waals surface area contributed by atoms with Crippen LogP contribution in [0.3, 0.4) is 0 Å². The van der Waals surface area contributed by atoms with Gasteiger partial charge < -0.3 is 25.5 Å². The molecule has 0 amide bonds. The predicted octanol–water partition coefficient (Wildman–Crippen LogP) is -2.58. The van der Waals surface area contributed by atoms with E-state index >= 15 is 0 Å². The summed E-state index contributed by atoms with van der Waals surface area (Å²) in [4.78, 5) is 20.0. The number of aliphatic hydroxyl groups is 3. The summed E-state index contributed by atoms with van der Waals surface area (Å²) < 4.78 is 0. The van der Waals surface area contributed by atoms with E-state index in [9.17, 15) is 0 Å². The van der Waals surface area contributed by atoms with E-state index in [-0.39, 0.29) is 19.8 Å². The lowest BCUT2D eigenvalue weighted by molar-refractivity contribution is -0.159. The number of aliphatic hydroxyl groups excluding tert-OH is 3. The van der Waals surface area contributed by atoms with Gasteiger partial charge >= 0.3 is 11.9 Å². The van der Waals surface area contributed by atoms with Gasteiger partial charge in [-0.2, -0.15) is 0 Å². The fourth-order valence-electron chi connectivity index (χ4n) is 0.760. The minimum absolute atomic E-state index is 0.0694. The lowest BCUT2D eigenvalue weighted by Crippen LogP contribution is -2.32. The van der Waals surface area contributed by atoms with Gasteiger partial charge in [-0.05, 0) is 0 Å². The van der Waals surface area contributed by atoms with Crippen molar-refractivity contribution in [1.82, 2.24) is 4.90 Å². The van der Waals surface area contributed by atoms with Crippen LogP contribution in [0, 0.1) is 0 Å². The van der Waals surface area contributed by atoms with Gasteiger partial charge in [0.1, 0.15) is 0 Å². The molecule has 0 aliphatic rings. The van der Waals surface area contributed by atoms with E-state index < -0.39 is 11.9 Å². The van der Waals surface area contributed by atoms with E-state index in [4.69, 9.17) is 35.1 Å². The Morgan fingerprint density at radius 3 is 1.12 bits per heavy atom. The summed E-state index contributed by atoms with van der Waals surface area (Å²) in [5.74, 6) is -3.65. The van der Waals surface area contributed by atoms with E-state index in [1.54, 1.807) is 4.90 Å². The van der Waals surface area contributed by atoms with Crippen molar-refractivity contribution in [2.75, 3.05) is 39.5 Å². The van der Waals surface area contributed by atoms with Gasteiger partial charge in [-0.1, -0.05) is 0 Å². The molecule has 0 bridgehead atoms. The van der Waals surface area contributed by atoms with Crippen molar-refractivity contribution >= 4 is 11.9 Å². The van der Waals surface area contributed by atoms with Crippen molar-refractivity contribution in [1.29, 1.82) is 0 Å². The summed E-state index contributed by atoms with van der Waals surface area (Å²) in [6, 6.07) is 0. The van der Waals surface area contributed by atoms with Crippen molar-refractivity contribution in [2.24, 2.45) is 0 Å². The van der Waals surface area contributed by atoms with Crippen LogP contribution in [0.15, 0.2) is 0 Å². The van der Waals surface area contributed by atoms with Crippen LogP contribution >= 0.6 is 0 Å². The van der Waals surface area contributed by atoms with Gasteiger partial charge in [0.15, 0.2) is 0 Å². The summed E-state index contributed by atoms with van der Waals surface area (Å²) in [6.45, 7) is 1.75. The smallest absolute Gasteiger partial charge is 0.414 e. The number of aliphatic carboxylic acids is 2. The molecule has 0 aromatic heterocycles. The summed E-state index contributed by atoms with van der Waals surface area (Å²) >= 11 is 0. The Hall–Kier alpha value is -1.22. The average molecular weight is 239 g/mol. The van der Waals surface area contributed by atoms with Gasteiger partial charge in [-0.25, -0.2) is 9.59 Å². The Bertz CT molecular complexity index is 171. The highest BCUT2D eigenvalue weighted by Crippen LogP contribution is 1.84. The molecule has 0 fully saturated rings. The van der Waals surface area contributed by atoms with E-state index in [1.807, 2.05) is 0 Å². The minimum Gasteiger partial charge on any atom is -0.473 e. The maximum Gasteiger partial charge on any atom is 0.414 e. The SMILES string of the molecule is O=C(O)C(=O)O.OCCN(CCO)CCO. The lowest BCUT2D eigenvalue weighted by atomic mass is 10.4. The Balaban J connectivity index is 0. The first-order valence-corrected chi connectivity index (χ1v) is 4.50. The zero-order valence-corrected chi connectivity index (χ0v) is 8.74. The number of nitrogens with zero attached hydrogens (tertiary/aromatic N) is 1. The summed E-state index contributed by atoms with van der Waals surface area (Å²) in [6.07, 6.45) is 0. The van der Waals surface area contributed by atoms with Crippen molar-refractivity contribution < 1.29 is 35.1 Å². The second-order valence-electron chi connectivity index (χ2n) is 2.62. The van der Waals surface area contributed by atoms with Crippen LogP contribution in [0.5, 0.6) is 0 Å². The van der Waals surface area contributed by atoms with Crippen molar-refractivity contribution in [3.63, 3.8) is 0 Å². The highest BCUT2D eigenvalue weighted by atomic mass is 16.4. The van der Waals surface area contributed by atoms with Gasteiger partial charge in [-0.15, -0.1) is 0 Å². The van der Waals surface area contributed by atoms with Crippen LogP contribution in [0.1, 0.15) is 0 Å². The molecule has 96 valence electrons. The Morgan fingerprint density at radius 1 is 0.750 bits per heavy atom.